The highest BCUT2D eigenvalue weighted by Crippen LogP contribution is 2.18. The zero-order valence-electron chi connectivity index (χ0n) is 11.0. The molecule has 6 nitrogen and oxygen atoms in total. The Morgan fingerprint density at radius 3 is 2.86 bits per heavy atom. The third-order valence-electron chi connectivity index (χ3n) is 2.89. The fourth-order valence-corrected chi connectivity index (χ4v) is 2.54. The minimum Gasteiger partial charge on any atom is -0.323 e. The minimum atomic E-state index is -0.671. The minimum absolute atomic E-state index is 0.258. The standard InChI is InChI=1S/C14H13N5OS/c15-13(11-3-1-8-21-11)14(20)18-10-4-5-12(16-9-10)19-7-2-6-17-19/h1-9,13H,15H2,(H,18,20). The van der Waals surface area contributed by atoms with E-state index in [4.69, 9.17) is 5.73 Å². The first kappa shape index (κ1) is 13.5. The van der Waals surface area contributed by atoms with Gasteiger partial charge in [-0.25, -0.2) is 9.67 Å². The summed E-state index contributed by atoms with van der Waals surface area (Å²) < 4.78 is 1.64. The second-order valence-electron chi connectivity index (χ2n) is 4.34. The van der Waals surface area contributed by atoms with Crippen LogP contribution in [0.3, 0.4) is 0 Å². The zero-order chi connectivity index (χ0) is 14.7. The number of nitrogens with one attached hydrogen (secondary N) is 1. The van der Waals surface area contributed by atoms with Gasteiger partial charge in [-0.3, -0.25) is 4.79 Å². The third kappa shape index (κ3) is 2.99. The molecule has 7 heteroatoms. The summed E-state index contributed by atoms with van der Waals surface area (Å²) in [4.78, 5) is 17.1. The zero-order valence-corrected chi connectivity index (χ0v) is 11.8. The van der Waals surface area contributed by atoms with Gasteiger partial charge in [0.2, 0.25) is 5.91 Å². The summed E-state index contributed by atoms with van der Waals surface area (Å²) in [6.07, 6.45) is 5.06. The molecule has 1 amide bonds. The molecule has 0 saturated carbocycles. The smallest absolute Gasteiger partial charge is 0.246 e. The molecular formula is C14H13N5OS. The van der Waals surface area contributed by atoms with Gasteiger partial charge in [0.05, 0.1) is 11.9 Å². The van der Waals surface area contributed by atoms with Crippen LogP contribution in [-0.4, -0.2) is 20.7 Å². The molecular weight excluding hydrogens is 286 g/mol. The van der Waals surface area contributed by atoms with Gasteiger partial charge in [-0.2, -0.15) is 5.10 Å². The first-order valence-corrected chi connectivity index (χ1v) is 7.18. The Balaban J connectivity index is 1.69. The van der Waals surface area contributed by atoms with E-state index in [0.717, 1.165) is 4.88 Å². The molecule has 3 aromatic heterocycles. The lowest BCUT2D eigenvalue weighted by Gasteiger charge is -2.10. The summed E-state index contributed by atoms with van der Waals surface area (Å²) in [5, 5.41) is 8.73. The number of hydrogen-bond donors (Lipinski definition) is 2. The van der Waals surface area contributed by atoms with E-state index in [0.29, 0.717) is 11.5 Å². The molecule has 106 valence electrons. The number of thiophene rings is 1. The van der Waals surface area contributed by atoms with E-state index < -0.39 is 6.04 Å². The average Bonchev–Trinajstić information content (AvgIpc) is 3.20. The molecule has 1 atom stereocenters. The van der Waals surface area contributed by atoms with Crippen molar-refractivity contribution in [1.29, 1.82) is 0 Å². The van der Waals surface area contributed by atoms with E-state index in [1.807, 2.05) is 23.6 Å². The van der Waals surface area contributed by atoms with Gasteiger partial charge in [0.15, 0.2) is 5.82 Å². The monoisotopic (exact) mass is 299 g/mol. The van der Waals surface area contributed by atoms with Gasteiger partial charge in [0, 0.05) is 17.3 Å². The number of anilines is 1. The summed E-state index contributed by atoms with van der Waals surface area (Å²) in [7, 11) is 0. The summed E-state index contributed by atoms with van der Waals surface area (Å²) in [6, 6.07) is 8.40. The van der Waals surface area contributed by atoms with Crippen molar-refractivity contribution in [3.05, 3.63) is 59.2 Å². The Morgan fingerprint density at radius 2 is 2.24 bits per heavy atom. The van der Waals surface area contributed by atoms with Crippen molar-refractivity contribution in [3.63, 3.8) is 0 Å². The Morgan fingerprint density at radius 1 is 1.33 bits per heavy atom. The van der Waals surface area contributed by atoms with Crippen molar-refractivity contribution in [3.8, 4) is 5.82 Å². The van der Waals surface area contributed by atoms with Crippen molar-refractivity contribution < 1.29 is 4.79 Å². The molecule has 0 bridgehead atoms. The normalized spacial score (nSPS) is 12.0. The number of hydrogen-bond acceptors (Lipinski definition) is 5. The number of aromatic nitrogens is 3. The second-order valence-corrected chi connectivity index (χ2v) is 5.32. The van der Waals surface area contributed by atoms with E-state index in [9.17, 15) is 4.79 Å². The van der Waals surface area contributed by atoms with Crippen molar-refractivity contribution in [2.75, 3.05) is 5.32 Å². The van der Waals surface area contributed by atoms with E-state index in [1.165, 1.54) is 11.3 Å². The largest absolute Gasteiger partial charge is 0.323 e. The van der Waals surface area contributed by atoms with Gasteiger partial charge in [-0.1, -0.05) is 6.07 Å². The lowest BCUT2D eigenvalue weighted by molar-refractivity contribution is -0.117. The summed E-state index contributed by atoms with van der Waals surface area (Å²) >= 11 is 1.46. The molecule has 3 heterocycles. The predicted molar refractivity (Wildman–Crippen MR) is 81.2 cm³/mol. The molecule has 0 saturated heterocycles. The second kappa shape index (κ2) is 5.86. The molecule has 3 aromatic rings. The van der Waals surface area contributed by atoms with Crippen LogP contribution >= 0.6 is 11.3 Å². The van der Waals surface area contributed by atoms with Gasteiger partial charge in [0.25, 0.3) is 0 Å². The van der Waals surface area contributed by atoms with Gasteiger partial charge >= 0.3 is 0 Å². The van der Waals surface area contributed by atoms with E-state index in [1.54, 1.807) is 35.4 Å². The topological polar surface area (TPSA) is 85.8 Å². The molecule has 0 fully saturated rings. The maximum atomic E-state index is 12.0. The molecule has 3 rings (SSSR count). The molecule has 0 aliphatic rings. The lowest BCUT2D eigenvalue weighted by atomic mass is 10.2. The van der Waals surface area contributed by atoms with Crippen molar-refractivity contribution in [2.45, 2.75) is 6.04 Å². The maximum absolute atomic E-state index is 12.0. The maximum Gasteiger partial charge on any atom is 0.246 e. The van der Waals surface area contributed by atoms with Crippen LogP contribution in [0.2, 0.25) is 0 Å². The van der Waals surface area contributed by atoms with E-state index in [2.05, 4.69) is 15.4 Å². The third-order valence-corrected chi connectivity index (χ3v) is 3.84. The molecule has 0 aliphatic heterocycles. The number of nitrogens with two attached hydrogens (primary N) is 1. The highest BCUT2D eigenvalue weighted by Gasteiger charge is 2.16. The summed E-state index contributed by atoms with van der Waals surface area (Å²) in [6.45, 7) is 0. The number of rotatable bonds is 4. The fraction of sp³-hybridized carbons (Fsp3) is 0.0714. The van der Waals surface area contributed by atoms with Crippen molar-refractivity contribution in [1.82, 2.24) is 14.8 Å². The molecule has 1 unspecified atom stereocenters. The summed E-state index contributed by atoms with van der Waals surface area (Å²) in [5.41, 5.74) is 6.50. The van der Waals surface area contributed by atoms with Crippen molar-refractivity contribution in [2.24, 2.45) is 5.73 Å². The van der Waals surface area contributed by atoms with Crippen LogP contribution in [0, 0.1) is 0 Å². The van der Waals surface area contributed by atoms with Crippen LogP contribution < -0.4 is 11.1 Å². The highest BCUT2D eigenvalue weighted by atomic mass is 32.1. The fourth-order valence-electron chi connectivity index (χ4n) is 1.82. The van der Waals surface area contributed by atoms with Gasteiger partial charge in [0.1, 0.15) is 6.04 Å². The first-order valence-electron chi connectivity index (χ1n) is 6.30. The molecule has 0 aromatic carbocycles. The molecule has 0 aliphatic carbocycles. The van der Waals surface area contributed by atoms with E-state index in [-0.39, 0.29) is 5.91 Å². The number of carbonyl (C=O) groups is 1. The van der Waals surface area contributed by atoms with Gasteiger partial charge in [-0.15, -0.1) is 11.3 Å². The van der Waals surface area contributed by atoms with Crippen LogP contribution in [0.4, 0.5) is 5.69 Å². The molecule has 0 spiro atoms. The highest BCUT2D eigenvalue weighted by molar-refractivity contribution is 7.10. The number of nitrogens with zero attached hydrogens (tertiary/aromatic N) is 3. The Labute approximate surface area is 125 Å². The first-order chi connectivity index (χ1) is 10.2. The van der Waals surface area contributed by atoms with Crippen LogP contribution in [0.15, 0.2) is 54.3 Å². The van der Waals surface area contributed by atoms with Gasteiger partial charge < -0.3 is 11.1 Å². The Kier molecular flexibility index (Phi) is 3.76. The van der Waals surface area contributed by atoms with E-state index >= 15 is 0 Å². The molecule has 3 N–H and O–H groups in total. The molecule has 0 radical (unpaired) electrons. The van der Waals surface area contributed by atoms with Crippen LogP contribution in [0.5, 0.6) is 0 Å². The van der Waals surface area contributed by atoms with Crippen LogP contribution in [0.25, 0.3) is 5.82 Å². The molecule has 21 heavy (non-hydrogen) atoms. The van der Waals surface area contributed by atoms with Crippen LogP contribution in [0.1, 0.15) is 10.9 Å². The quantitative estimate of drug-likeness (QED) is 0.771. The predicted octanol–water partition coefficient (Wildman–Crippen LogP) is 1.97. The Hall–Kier alpha value is -2.51. The Bertz CT molecular complexity index is 706. The number of amides is 1. The SMILES string of the molecule is NC(C(=O)Nc1ccc(-n2cccn2)nc1)c1cccs1. The summed E-state index contributed by atoms with van der Waals surface area (Å²) in [5.74, 6) is 0.423. The number of carbonyl (C=O) groups excluding carboxylic acids is 1. The van der Waals surface area contributed by atoms with Gasteiger partial charge in [-0.05, 0) is 29.6 Å². The lowest BCUT2D eigenvalue weighted by Crippen LogP contribution is -2.27. The number of pyridine rings is 1. The van der Waals surface area contributed by atoms with Crippen molar-refractivity contribution >= 4 is 22.9 Å². The van der Waals surface area contributed by atoms with Crippen LogP contribution in [-0.2, 0) is 4.79 Å². The average molecular weight is 299 g/mol.